The Bertz CT molecular complexity index is 932. The molecule has 4 rings (SSSR count). The number of nitrogens with zero attached hydrogens (tertiary/aromatic N) is 8. The maximum absolute atomic E-state index is 5.44. The van der Waals surface area contributed by atoms with Crippen molar-refractivity contribution in [2.75, 3.05) is 43.6 Å². The Balaban J connectivity index is 1.81. The maximum atomic E-state index is 5.44. The number of aryl methyl sites for hydroxylation is 2. The molecule has 0 unspecified atom stereocenters. The molecule has 4 heterocycles. The van der Waals surface area contributed by atoms with Crippen LogP contribution in [-0.4, -0.2) is 68.1 Å². The summed E-state index contributed by atoms with van der Waals surface area (Å²) >= 11 is 0. The van der Waals surface area contributed by atoms with Crippen LogP contribution in [0.3, 0.4) is 0 Å². The Morgan fingerprint density at radius 1 is 1.00 bits per heavy atom. The molecule has 0 radical (unpaired) electrons. The van der Waals surface area contributed by atoms with Gasteiger partial charge >= 0.3 is 0 Å². The average molecular weight is 367 g/mol. The van der Waals surface area contributed by atoms with E-state index in [0.717, 1.165) is 24.5 Å². The SMILES string of the molecule is CNc1ncc(-c2nc(N3CCOCC3)nc(-n3nc(C)cc3C)n2)cn1. The van der Waals surface area contributed by atoms with Crippen LogP contribution in [0.1, 0.15) is 11.4 Å². The molecule has 1 N–H and O–H groups in total. The van der Waals surface area contributed by atoms with Crippen molar-refractivity contribution in [3.8, 4) is 17.3 Å². The van der Waals surface area contributed by atoms with Crippen molar-refractivity contribution >= 4 is 11.9 Å². The minimum Gasteiger partial charge on any atom is -0.378 e. The quantitative estimate of drug-likeness (QED) is 0.723. The van der Waals surface area contributed by atoms with Crippen molar-refractivity contribution in [2.45, 2.75) is 13.8 Å². The van der Waals surface area contributed by atoms with E-state index in [9.17, 15) is 0 Å². The van der Waals surface area contributed by atoms with Crippen molar-refractivity contribution in [3.63, 3.8) is 0 Å². The van der Waals surface area contributed by atoms with Gasteiger partial charge < -0.3 is 15.0 Å². The molecular formula is C17H21N9O. The van der Waals surface area contributed by atoms with Gasteiger partial charge in [0.2, 0.25) is 11.9 Å². The third kappa shape index (κ3) is 3.56. The van der Waals surface area contributed by atoms with Gasteiger partial charge in [0.1, 0.15) is 0 Å². The van der Waals surface area contributed by atoms with E-state index in [0.29, 0.717) is 42.4 Å². The number of ether oxygens (including phenoxy) is 1. The number of nitrogens with one attached hydrogen (secondary N) is 1. The van der Waals surface area contributed by atoms with Gasteiger partial charge in [-0.25, -0.2) is 14.6 Å². The highest BCUT2D eigenvalue weighted by atomic mass is 16.5. The number of morpholine rings is 1. The van der Waals surface area contributed by atoms with E-state index in [4.69, 9.17) is 4.74 Å². The first kappa shape index (κ1) is 17.3. The monoisotopic (exact) mass is 367 g/mol. The van der Waals surface area contributed by atoms with Crippen LogP contribution in [0.25, 0.3) is 17.3 Å². The Hall–Kier alpha value is -3.14. The highest BCUT2D eigenvalue weighted by Gasteiger charge is 2.19. The highest BCUT2D eigenvalue weighted by Crippen LogP contribution is 2.20. The zero-order valence-corrected chi connectivity index (χ0v) is 15.5. The van der Waals surface area contributed by atoms with Gasteiger partial charge in [-0.15, -0.1) is 0 Å². The Labute approximate surface area is 156 Å². The summed E-state index contributed by atoms with van der Waals surface area (Å²) in [5.74, 6) is 2.13. The summed E-state index contributed by atoms with van der Waals surface area (Å²) in [7, 11) is 1.77. The largest absolute Gasteiger partial charge is 0.378 e. The second-order valence-electron chi connectivity index (χ2n) is 6.24. The molecule has 0 saturated carbocycles. The van der Waals surface area contributed by atoms with Crippen molar-refractivity contribution in [1.29, 1.82) is 0 Å². The summed E-state index contributed by atoms with van der Waals surface area (Å²) in [4.78, 5) is 24.5. The number of rotatable bonds is 4. The first-order chi connectivity index (χ1) is 13.1. The Kier molecular flexibility index (Phi) is 4.63. The first-order valence-electron chi connectivity index (χ1n) is 8.76. The molecule has 1 aliphatic heterocycles. The number of aromatic nitrogens is 7. The van der Waals surface area contributed by atoms with E-state index in [2.05, 4.69) is 40.2 Å². The lowest BCUT2D eigenvalue weighted by Gasteiger charge is -2.27. The highest BCUT2D eigenvalue weighted by molar-refractivity contribution is 5.56. The van der Waals surface area contributed by atoms with E-state index in [1.54, 1.807) is 24.1 Å². The predicted octanol–water partition coefficient (Wildman–Crippen LogP) is 1.01. The summed E-state index contributed by atoms with van der Waals surface area (Å²) in [6.45, 7) is 6.68. The summed E-state index contributed by atoms with van der Waals surface area (Å²) in [6, 6.07) is 1.99. The van der Waals surface area contributed by atoms with Crippen LogP contribution in [0.15, 0.2) is 18.5 Å². The van der Waals surface area contributed by atoms with Gasteiger partial charge in [0.15, 0.2) is 5.82 Å². The van der Waals surface area contributed by atoms with E-state index in [1.165, 1.54) is 0 Å². The summed E-state index contributed by atoms with van der Waals surface area (Å²) in [6.07, 6.45) is 3.39. The molecule has 1 saturated heterocycles. The number of hydrogen-bond donors (Lipinski definition) is 1. The third-order valence-corrected chi connectivity index (χ3v) is 4.24. The van der Waals surface area contributed by atoms with Crippen molar-refractivity contribution in [3.05, 3.63) is 29.8 Å². The molecule has 3 aromatic rings. The maximum Gasteiger partial charge on any atom is 0.256 e. The zero-order chi connectivity index (χ0) is 18.8. The van der Waals surface area contributed by atoms with Crippen LogP contribution in [0.5, 0.6) is 0 Å². The minimum atomic E-state index is 0.477. The summed E-state index contributed by atoms with van der Waals surface area (Å²) in [5, 5.41) is 7.41. The molecule has 0 aromatic carbocycles. The molecule has 1 aliphatic rings. The second-order valence-corrected chi connectivity index (χ2v) is 6.24. The van der Waals surface area contributed by atoms with Gasteiger partial charge in [0, 0.05) is 38.2 Å². The standard InChI is InChI=1S/C17H21N9O/c1-11-8-12(2)26(24-11)17-22-14(13-9-19-15(18-3)20-10-13)21-16(23-17)25-4-6-27-7-5-25/h8-10H,4-7H2,1-3H3,(H,18,19,20). The second kappa shape index (κ2) is 7.23. The molecule has 0 aliphatic carbocycles. The fraction of sp³-hybridized carbons (Fsp3) is 0.412. The van der Waals surface area contributed by atoms with Gasteiger partial charge in [-0.2, -0.15) is 20.1 Å². The molecule has 0 spiro atoms. The van der Waals surface area contributed by atoms with Gasteiger partial charge in [0.25, 0.3) is 5.95 Å². The molecule has 10 nitrogen and oxygen atoms in total. The molecule has 0 bridgehead atoms. The normalized spacial score (nSPS) is 14.4. The molecule has 0 atom stereocenters. The minimum absolute atomic E-state index is 0.477. The topological polar surface area (TPSA) is 107 Å². The van der Waals surface area contributed by atoms with Crippen LogP contribution < -0.4 is 10.2 Å². The van der Waals surface area contributed by atoms with Crippen LogP contribution in [-0.2, 0) is 4.74 Å². The van der Waals surface area contributed by atoms with Crippen LogP contribution in [0.4, 0.5) is 11.9 Å². The number of anilines is 2. The Morgan fingerprint density at radius 2 is 1.70 bits per heavy atom. The molecule has 27 heavy (non-hydrogen) atoms. The molecular weight excluding hydrogens is 346 g/mol. The fourth-order valence-corrected chi connectivity index (χ4v) is 2.89. The average Bonchev–Trinajstić information content (AvgIpc) is 3.06. The predicted molar refractivity (Wildman–Crippen MR) is 100 cm³/mol. The van der Waals surface area contributed by atoms with Gasteiger partial charge in [-0.1, -0.05) is 0 Å². The van der Waals surface area contributed by atoms with Crippen LogP contribution in [0, 0.1) is 13.8 Å². The lowest BCUT2D eigenvalue weighted by atomic mass is 10.3. The van der Waals surface area contributed by atoms with E-state index in [1.807, 2.05) is 19.9 Å². The molecule has 140 valence electrons. The molecule has 10 heteroatoms. The number of hydrogen-bond acceptors (Lipinski definition) is 9. The third-order valence-electron chi connectivity index (χ3n) is 4.24. The van der Waals surface area contributed by atoms with Crippen molar-refractivity contribution in [1.82, 2.24) is 34.7 Å². The smallest absolute Gasteiger partial charge is 0.256 e. The van der Waals surface area contributed by atoms with Gasteiger partial charge in [-0.05, 0) is 19.9 Å². The Morgan fingerprint density at radius 3 is 2.33 bits per heavy atom. The van der Waals surface area contributed by atoms with Crippen LogP contribution in [0.2, 0.25) is 0 Å². The molecule has 0 amide bonds. The lowest BCUT2D eigenvalue weighted by Crippen LogP contribution is -2.37. The molecule has 1 fully saturated rings. The zero-order valence-electron chi connectivity index (χ0n) is 15.5. The summed E-state index contributed by atoms with van der Waals surface area (Å²) in [5.41, 5.74) is 2.58. The van der Waals surface area contributed by atoms with Crippen LogP contribution >= 0.6 is 0 Å². The van der Waals surface area contributed by atoms with E-state index >= 15 is 0 Å². The molecule has 3 aromatic heterocycles. The van der Waals surface area contributed by atoms with Gasteiger partial charge in [-0.3, -0.25) is 0 Å². The summed E-state index contributed by atoms with van der Waals surface area (Å²) < 4.78 is 7.17. The first-order valence-corrected chi connectivity index (χ1v) is 8.76. The lowest BCUT2D eigenvalue weighted by molar-refractivity contribution is 0.122. The van der Waals surface area contributed by atoms with Crippen molar-refractivity contribution in [2.24, 2.45) is 0 Å². The van der Waals surface area contributed by atoms with E-state index < -0.39 is 0 Å². The van der Waals surface area contributed by atoms with Gasteiger partial charge in [0.05, 0.1) is 24.5 Å². The fourth-order valence-electron chi connectivity index (χ4n) is 2.89. The van der Waals surface area contributed by atoms with Crippen molar-refractivity contribution < 1.29 is 4.74 Å². The van der Waals surface area contributed by atoms with E-state index in [-0.39, 0.29) is 0 Å².